The molecule has 5 nitrogen and oxygen atoms in total. The number of ether oxygens (including phenoxy) is 2. The van der Waals surface area contributed by atoms with Crippen molar-refractivity contribution in [1.82, 2.24) is 0 Å². The molecule has 0 bridgehead atoms. The highest BCUT2D eigenvalue weighted by molar-refractivity contribution is 6.30. The Hall–Kier alpha value is -3.75. The monoisotopic (exact) mass is 446 g/mol. The first-order valence-corrected chi connectivity index (χ1v) is 10.5. The fourth-order valence-electron chi connectivity index (χ4n) is 2.85. The van der Waals surface area contributed by atoms with Gasteiger partial charge in [0.2, 0.25) is 0 Å². The van der Waals surface area contributed by atoms with E-state index in [0.717, 1.165) is 5.56 Å². The van der Waals surface area contributed by atoms with Gasteiger partial charge in [0.15, 0.2) is 0 Å². The van der Waals surface area contributed by atoms with Crippen molar-refractivity contribution in [3.63, 3.8) is 0 Å². The summed E-state index contributed by atoms with van der Waals surface area (Å²) in [6.07, 6.45) is 1.50. The Morgan fingerprint density at radius 1 is 1.06 bits per heavy atom. The van der Waals surface area contributed by atoms with Crippen molar-refractivity contribution >= 4 is 29.3 Å². The van der Waals surface area contributed by atoms with Crippen LogP contribution in [-0.4, -0.2) is 12.0 Å². The smallest absolute Gasteiger partial charge is 0.266 e. The number of carbonyl (C=O) groups is 1. The number of rotatable bonds is 8. The third-order valence-corrected chi connectivity index (χ3v) is 4.63. The molecule has 0 aliphatic rings. The number of hydrogen-bond acceptors (Lipinski definition) is 4. The van der Waals surface area contributed by atoms with Crippen LogP contribution in [-0.2, 0) is 11.4 Å². The first-order chi connectivity index (χ1) is 15.4. The molecule has 3 rings (SSSR count). The molecule has 3 aromatic rings. The molecule has 0 heterocycles. The quantitative estimate of drug-likeness (QED) is 0.328. The minimum absolute atomic E-state index is 0.0205. The number of nitrogens with zero attached hydrogens (tertiary/aromatic N) is 1. The van der Waals surface area contributed by atoms with Crippen LogP contribution in [0.3, 0.4) is 0 Å². The summed E-state index contributed by atoms with van der Waals surface area (Å²) >= 11 is 5.89. The third-order valence-electron chi connectivity index (χ3n) is 4.38. The molecule has 1 amide bonds. The molecule has 0 fully saturated rings. The van der Waals surface area contributed by atoms with Crippen LogP contribution in [0.15, 0.2) is 78.4 Å². The summed E-state index contributed by atoms with van der Waals surface area (Å²) < 4.78 is 11.5. The van der Waals surface area contributed by atoms with Gasteiger partial charge in [-0.3, -0.25) is 4.79 Å². The lowest BCUT2D eigenvalue weighted by atomic mass is 10.1. The van der Waals surface area contributed by atoms with Crippen LogP contribution >= 0.6 is 11.6 Å². The van der Waals surface area contributed by atoms with Gasteiger partial charge >= 0.3 is 0 Å². The number of nitrogens with one attached hydrogen (secondary N) is 1. The van der Waals surface area contributed by atoms with Gasteiger partial charge in [0.05, 0.1) is 6.10 Å². The lowest BCUT2D eigenvalue weighted by molar-refractivity contribution is -0.112. The van der Waals surface area contributed by atoms with E-state index in [4.69, 9.17) is 21.1 Å². The highest BCUT2D eigenvalue weighted by Crippen LogP contribution is 2.23. The van der Waals surface area contributed by atoms with Crippen molar-refractivity contribution in [3.8, 4) is 17.6 Å². The average Bonchev–Trinajstić information content (AvgIpc) is 2.78. The number of halogens is 1. The van der Waals surface area contributed by atoms with E-state index in [1.54, 1.807) is 30.3 Å². The first kappa shape index (κ1) is 22.9. The summed E-state index contributed by atoms with van der Waals surface area (Å²) in [6.45, 7) is 4.24. The minimum atomic E-state index is -0.498. The van der Waals surface area contributed by atoms with Crippen molar-refractivity contribution in [1.29, 1.82) is 5.26 Å². The van der Waals surface area contributed by atoms with E-state index in [2.05, 4.69) is 5.32 Å². The summed E-state index contributed by atoms with van der Waals surface area (Å²) in [6, 6.07) is 23.6. The molecule has 0 atom stereocenters. The van der Waals surface area contributed by atoms with Crippen molar-refractivity contribution in [3.05, 3.63) is 94.5 Å². The number of nitriles is 1. The van der Waals surface area contributed by atoms with Gasteiger partial charge in [-0.15, -0.1) is 0 Å². The standard InChI is InChI=1S/C26H23ClN2O3/c1-18(2)32-25-6-4-3-5-20(25)15-21(16-28)26(30)29-23-11-13-24(14-12-23)31-17-19-7-9-22(27)10-8-19/h3-15,18H,17H2,1-2H3,(H,29,30)/b21-15+. The molecule has 0 saturated heterocycles. The Morgan fingerprint density at radius 2 is 1.75 bits per heavy atom. The number of para-hydroxylation sites is 1. The Morgan fingerprint density at radius 3 is 2.41 bits per heavy atom. The summed E-state index contributed by atoms with van der Waals surface area (Å²) in [5.41, 5.74) is 2.20. The Kier molecular flexibility index (Phi) is 7.91. The van der Waals surface area contributed by atoms with Crippen molar-refractivity contribution in [2.24, 2.45) is 0 Å². The fourth-order valence-corrected chi connectivity index (χ4v) is 2.97. The van der Waals surface area contributed by atoms with Crippen LogP contribution in [0.4, 0.5) is 5.69 Å². The summed E-state index contributed by atoms with van der Waals surface area (Å²) in [4.78, 5) is 12.6. The van der Waals surface area contributed by atoms with Crippen LogP contribution in [0.2, 0.25) is 5.02 Å². The van der Waals surface area contributed by atoms with Crippen LogP contribution < -0.4 is 14.8 Å². The van der Waals surface area contributed by atoms with E-state index in [9.17, 15) is 10.1 Å². The maximum atomic E-state index is 12.6. The minimum Gasteiger partial charge on any atom is -0.490 e. The van der Waals surface area contributed by atoms with E-state index < -0.39 is 5.91 Å². The van der Waals surface area contributed by atoms with E-state index in [1.165, 1.54) is 6.08 Å². The number of amides is 1. The number of hydrogen-bond donors (Lipinski definition) is 1. The zero-order valence-electron chi connectivity index (χ0n) is 17.8. The van der Waals surface area contributed by atoms with Crippen molar-refractivity contribution in [2.45, 2.75) is 26.6 Å². The van der Waals surface area contributed by atoms with Crippen molar-refractivity contribution in [2.75, 3.05) is 5.32 Å². The van der Waals surface area contributed by atoms with Crippen LogP contribution in [0.1, 0.15) is 25.0 Å². The van der Waals surface area contributed by atoms with Gasteiger partial charge in [-0.1, -0.05) is 41.9 Å². The zero-order chi connectivity index (χ0) is 22.9. The second-order valence-corrected chi connectivity index (χ2v) is 7.70. The molecular formula is C26H23ClN2O3. The maximum absolute atomic E-state index is 12.6. The second-order valence-electron chi connectivity index (χ2n) is 7.27. The van der Waals surface area contributed by atoms with Crippen LogP contribution in [0, 0.1) is 11.3 Å². The van der Waals surface area contributed by atoms with E-state index in [-0.39, 0.29) is 11.7 Å². The van der Waals surface area contributed by atoms with Crippen LogP contribution in [0.5, 0.6) is 11.5 Å². The molecule has 32 heavy (non-hydrogen) atoms. The Labute approximate surface area is 192 Å². The highest BCUT2D eigenvalue weighted by Gasteiger charge is 2.12. The molecule has 0 aliphatic carbocycles. The molecule has 6 heteroatoms. The molecular weight excluding hydrogens is 424 g/mol. The lowest BCUT2D eigenvalue weighted by Crippen LogP contribution is -2.13. The normalized spacial score (nSPS) is 11.0. The first-order valence-electron chi connectivity index (χ1n) is 10.1. The van der Waals surface area contributed by atoms with E-state index in [0.29, 0.717) is 34.4 Å². The molecule has 162 valence electrons. The molecule has 0 unspecified atom stereocenters. The summed E-state index contributed by atoms with van der Waals surface area (Å²) in [5.74, 6) is 0.778. The van der Waals surface area contributed by atoms with Gasteiger partial charge in [0, 0.05) is 16.3 Å². The van der Waals surface area contributed by atoms with Gasteiger partial charge in [0.25, 0.3) is 5.91 Å². The van der Waals surface area contributed by atoms with E-state index in [1.807, 2.05) is 62.4 Å². The van der Waals surface area contributed by atoms with Gasteiger partial charge in [-0.25, -0.2) is 0 Å². The lowest BCUT2D eigenvalue weighted by Gasteiger charge is -2.12. The number of benzene rings is 3. The fraction of sp³-hybridized carbons (Fsp3) is 0.154. The zero-order valence-corrected chi connectivity index (χ0v) is 18.6. The van der Waals surface area contributed by atoms with Gasteiger partial charge < -0.3 is 14.8 Å². The van der Waals surface area contributed by atoms with Crippen LogP contribution in [0.25, 0.3) is 6.08 Å². The molecule has 0 radical (unpaired) electrons. The van der Waals surface area contributed by atoms with Gasteiger partial charge in [-0.2, -0.15) is 5.26 Å². The molecule has 0 aliphatic heterocycles. The van der Waals surface area contributed by atoms with Crippen molar-refractivity contribution < 1.29 is 14.3 Å². The molecule has 0 aromatic heterocycles. The Bertz CT molecular complexity index is 1130. The van der Waals surface area contributed by atoms with Gasteiger partial charge in [0.1, 0.15) is 29.7 Å². The predicted octanol–water partition coefficient (Wildman–Crippen LogP) is 6.25. The topological polar surface area (TPSA) is 71.3 Å². The predicted molar refractivity (Wildman–Crippen MR) is 127 cm³/mol. The highest BCUT2D eigenvalue weighted by atomic mass is 35.5. The molecule has 0 saturated carbocycles. The number of carbonyl (C=O) groups excluding carboxylic acids is 1. The van der Waals surface area contributed by atoms with Gasteiger partial charge in [-0.05, 0) is 68.0 Å². The maximum Gasteiger partial charge on any atom is 0.266 e. The summed E-state index contributed by atoms with van der Waals surface area (Å²) in [5, 5.41) is 12.9. The average molecular weight is 447 g/mol. The number of anilines is 1. The SMILES string of the molecule is CC(C)Oc1ccccc1/C=C(\C#N)C(=O)Nc1ccc(OCc2ccc(Cl)cc2)cc1. The second kappa shape index (κ2) is 11.0. The summed E-state index contributed by atoms with van der Waals surface area (Å²) in [7, 11) is 0. The molecule has 3 aromatic carbocycles. The Balaban J connectivity index is 1.65. The largest absolute Gasteiger partial charge is 0.490 e. The third kappa shape index (κ3) is 6.63. The van der Waals surface area contributed by atoms with E-state index >= 15 is 0 Å². The molecule has 0 spiro atoms. The molecule has 1 N–H and O–H groups in total.